The lowest BCUT2D eigenvalue weighted by Crippen LogP contribution is -2.25. The molecule has 0 fully saturated rings. The number of carbonyl (C=O) groups is 1. The van der Waals surface area contributed by atoms with Crippen LogP contribution in [0, 0.1) is 6.92 Å². The zero-order chi connectivity index (χ0) is 17.6. The van der Waals surface area contributed by atoms with Crippen molar-refractivity contribution >= 4 is 45.5 Å². The largest absolute Gasteiger partial charge is 0.307 e. The third kappa shape index (κ3) is 2.69. The van der Waals surface area contributed by atoms with Crippen molar-refractivity contribution < 1.29 is 4.79 Å². The molecule has 0 aliphatic carbocycles. The maximum absolute atomic E-state index is 13.1. The number of hydrazone groups is 1. The Labute approximate surface area is 154 Å². The molecule has 5 nitrogen and oxygen atoms in total. The predicted octanol–water partition coefficient (Wildman–Crippen LogP) is 4.50. The van der Waals surface area contributed by atoms with Gasteiger partial charge in [0.2, 0.25) is 5.13 Å². The molecule has 25 heavy (non-hydrogen) atoms. The second kappa shape index (κ2) is 6.16. The Bertz CT molecular complexity index is 943. The normalized spacial score (nSPS) is 20.4. The summed E-state index contributed by atoms with van der Waals surface area (Å²) < 4.78 is 0. The van der Waals surface area contributed by atoms with Gasteiger partial charge in [-0.15, -0.1) is 11.3 Å². The summed E-state index contributed by atoms with van der Waals surface area (Å²) in [6.45, 7) is 5.83. The fourth-order valence-electron chi connectivity index (χ4n) is 2.80. The first-order valence-electron chi connectivity index (χ1n) is 7.81. The van der Waals surface area contributed by atoms with E-state index >= 15 is 0 Å². The lowest BCUT2D eigenvalue weighted by molar-refractivity contribution is -0.114. The molecule has 7 heteroatoms. The molecular weight excluding hydrogens is 352 g/mol. The van der Waals surface area contributed by atoms with Crippen LogP contribution in [0.15, 0.2) is 62.5 Å². The minimum absolute atomic E-state index is 0.126. The maximum atomic E-state index is 13.1. The van der Waals surface area contributed by atoms with E-state index in [1.54, 1.807) is 11.8 Å². The maximum Gasteiger partial charge on any atom is 0.285 e. The SMILES string of the molecule is CC1=CS/C(=C2\C(=O)N(c3nc(C)cs3)N=C2C)N1c1ccccc1. The molecule has 1 aromatic heterocycles. The monoisotopic (exact) mass is 368 g/mol. The standard InChI is InChI=1S/C18H16N4OS2/c1-11-9-25-18(19-11)22-16(23)15(13(3)20-22)17-21(12(2)10-24-17)14-7-5-4-6-8-14/h4-10H,1-3H3/b17-15-. The highest BCUT2D eigenvalue weighted by atomic mass is 32.2. The van der Waals surface area contributed by atoms with Crippen LogP contribution in [-0.4, -0.2) is 16.6 Å². The Kier molecular flexibility index (Phi) is 3.97. The van der Waals surface area contributed by atoms with Crippen molar-refractivity contribution in [3.05, 3.63) is 63.1 Å². The summed E-state index contributed by atoms with van der Waals surface area (Å²) in [5, 5.41) is 11.4. The second-order valence-corrected chi connectivity index (χ2v) is 7.50. The Morgan fingerprint density at radius 1 is 1.08 bits per heavy atom. The number of rotatable bonds is 2. The van der Waals surface area contributed by atoms with Crippen molar-refractivity contribution in [3.63, 3.8) is 0 Å². The molecule has 2 aliphatic rings. The molecule has 0 saturated carbocycles. The van der Waals surface area contributed by atoms with Crippen molar-refractivity contribution in [1.29, 1.82) is 0 Å². The third-order valence-electron chi connectivity index (χ3n) is 3.93. The highest BCUT2D eigenvalue weighted by Crippen LogP contribution is 2.42. The van der Waals surface area contributed by atoms with E-state index < -0.39 is 0 Å². The number of benzene rings is 1. The summed E-state index contributed by atoms with van der Waals surface area (Å²) in [5.41, 5.74) is 4.36. The lowest BCUT2D eigenvalue weighted by Gasteiger charge is -2.23. The molecule has 3 heterocycles. The topological polar surface area (TPSA) is 48.8 Å². The van der Waals surface area contributed by atoms with Crippen molar-refractivity contribution in [2.24, 2.45) is 5.10 Å². The molecule has 0 radical (unpaired) electrons. The van der Waals surface area contributed by atoms with E-state index in [-0.39, 0.29) is 5.91 Å². The Morgan fingerprint density at radius 3 is 2.52 bits per heavy atom. The highest BCUT2D eigenvalue weighted by molar-refractivity contribution is 8.06. The summed E-state index contributed by atoms with van der Waals surface area (Å²) in [5.74, 6) is -0.126. The minimum atomic E-state index is -0.126. The van der Waals surface area contributed by atoms with Crippen LogP contribution >= 0.6 is 23.1 Å². The number of anilines is 2. The van der Waals surface area contributed by atoms with Gasteiger partial charge in [0, 0.05) is 16.8 Å². The first-order valence-corrected chi connectivity index (χ1v) is 9.57. The van der Waals surface area contributed by atoms with E-state index in [1.807, 2.05) is 56.5 Å². The number of thioether (sulfide) groups is 1. The number of hydrogen-bond donors (Lipinski definition) is 0. The fraction of sp³-hybridized carbons (Fsp3) is 0.167. The number of carbonyl (C=O) groups excluding carboxylic acids is 1. The average molecular weight is 368 g/mol. The van der Waals surface area contributed by atoms with E-state index in [1.165, 1.54) is 16.3 Å². The lowest BCUT2D eigenvalue weighted by atomic mass is 10.1. The Hall–Kier alpha value is -2.38. The van der Waals surface area contributed by atoms with E-state index in [2.05, 4.69) is 20.4 Å². The average Bonchev–Trinajstić information content (AvgIpc) is 3.26. The van der Waals surface area contributed by atoms with Crippen molar-refractivity contribution in [3.8, 4) is 0 Å². The molecule has 2 aromatic rings. The predicted molar refractivity (Wildman–Crippen MR) is 105 cm³/mol. The number of aryl methyl sites for hydroxylation is 1. The first-order chi connectivity index (χ1) is 12.1. The van der Waals surface area contributed by atoms with Gasteiger partial charge in [-0.3, -0.25) is 4.79 Å². The van der Waals surface area contributed by atoms with E-state index in [0.29, 0.717) is 16.4 Å². The van der Waals surface area contributed by atoms with Crippen LogP contribution < -0.4 is 9.91 Å². The van der Waals surface area contributed by atoms with Crippen molar-refractivity contribution in [2.75, 3.05) is 9.91 Å². The van der Waals surface area contributed by atoms with Gasteiger partial charge in [-0.25, -0.2) is 4.98 Å². The molecule has 1 aromatic carbocycles. The molecular formula is C18H16N4OS2. The van der Waals surface area contributed by atoms with Gasteiger partial charge in [0.1, 0.15) is 0 Å². The van der Waals surface area contributed by atoms with E-state index in [9.17, 15) is 4.79 Å². The van der Waals surface area contributed by atoms with Gasteiger partial charge in [0.25, 0.3) is 5.91 Å². The number of thiazole rings is 1. The second-order valence-electron chi connectivity index (χ2n) is 5.80. The van der Waals surface area contributed by atoms with Crippen LogP contribution in [0.25, 0.3) is 0 Å². The van der Waals surface area contributed by atoms with E-state index in [0.717, 1.165) is 22.1 Å². The summed E-state index contributed by atoms with van der Waals surface area (Å²) >= 11 is 2.98. The van der Waals surface area contributed by atoms with Crippen LogP contribution in [-0.2, 0) is 4.79 Å². The molecule has 126 valence electrons. The molecule has 0 bridgehead atoms. The van der Waals surface area contributed by atoms with Crippen LogP contribution in [0.2, 0.25) is 0 Å². The summed E-state index contributed by atoms with van der Waals surface area (Å²) in [6, 6.07) is 10.1. The molecule has 0 saturated heterocycles. The zero-order valence-electron chi connectivity index (χ0n) is 14.1. The number of allylic oxidation sites excluding steroid dienone is 1. The molecule has 1 amide bonds. The van der Waals surface area contributed by atoms with Crippen molar-refractivity contribution in [1.82, 2.24) is 4.98 Å². The van der Waals surface area contributed by atoms with Gasteiger partial charge in [0.15, 0.2) is 0 Å². The number of aromatic nitrogens is 1. The van der Waals surface area contributed by atoms with Crippen LogP contribution in [0.5, 0.6) is 0 Å². The summed E-state index contributed by atoms with van der Waals surface area (Å²) in [6.07, 6.45) is 0. The fourth-order valence-corrected chi connectivity index (χ4v) is 4.64. The van der Waals surface area contributed by atoms with Crippen LogP contribution in [0.3, 0.4) is 0 Å². The number of nitrogens with zero attached hydrogens (tertiary/aromatic N) is 4. The third-order valence-corrected chi connectivity index (χ3v) is 5.93. The number of hydrogen-bond acceptors (Lipinski definition) is 6. The van der Waals surface area contributed by atoms with E-state index in [4.69, 9.17) is 0 Å². The number of amides is 1. The molecule has 0 atom stereocenters. The quantitative estimate of drug-likeness (QED) is 0.732. The van der Waals surface area contributed by atoms with Crippen molar-refractivity contribution in [2.45, 2.75) is 20.8 Å². The van der Waals surface area contributed by atoms with Gasteiger partial charge >= 0.3 is 0 Å². The molecule has 2 aliphatic heterocycles. The van der Waals surface area contributed by atoms with Gasteiger partial charge in [0.05, 0.1) is 22.0 Å². The molecule has 0 unspecified atom stereocenters. The van der Waals surface area contributed by atoms with Gasteiger partial charge in [-0.1, -0.05) is 30.0 Å². The Balaban J connectivity index is 1.78. The van der Waals surface area contributed by atoms with Gasteiger partial charge < -0.3 is 4.90 Å². The van der Waals surface area contributed by atoms with Gasteiger partial charge in [-0.05, 0) is 38.3 Å². The summed E-state index contributed by atoms with van der Waals surface area (Å²) in [4.78, 5) is 19.5. The molecule has 0 N–H and O–H groups in total. The number of para-hydroxylation sites is 1. The van der Waals surface area contributed by atoms with Crippen LogP contribution in [0.4, 0.5) is 10.8 Å². The molecule has 4 rings (SSSR count). The smallest absolute Gasteiger partial charge is 0.285 e. The summed E-state index contributed by atoms with van der Waals surface area (Å²) in [7, 11) is 0. The molecule has 0 spiro atoms. The first kappa shape index (κ1) is 16.1. The minimum Gasteiger partial charge on any atom is -0.307 e. The van der Waals surface area contributed by atoms with Gasteiger partial charge in [-0.2, -0.15) is 10.1 Å². The Morgan fingerprint density at radius 2 is 1.84 bits per heavy atom. The highest BCUT2D eigenvalue weighted by Gasteiger charge is 2.36. The van der Waals surface area contributed by atoms with Crippen LogP contribution in [0.1, 0.15) is 19.5 Å². The zero-order valence-corrected chi connectivity index (χ0v) is 15.7.